The molecule has 0 fully saturated rings. The lowest BCUT2D eigenvalue weighted by atomic mass is 10.1. The van der Waals surface area contributed by atoms with Gasteiger partial charge in [0.05, 0.1) is 6.61 Å². The average Bonchev–Trinajstić information content (AvgIpc) is 2.14. The molecular weight excluding hydrogens is 228 g/mol. The molecule has 0 atom stereocenters. The van der Waals surface area contributed by atoms with Crippen LogP contribution in [0.3, 0.4) is 0 Å². The summed E-state index contributed by atoms with van der Waals surface area (Å²) in [5.41, 5.74) is 2.18. The van der Waals surface area contributed by atoms with Gasteiger partial charge < -0.3 is 5.11 Å². The summed E-state index contributed by atoms with van der Waals surface area (Å²) in [5, 5.41) is 8.98. The highest BCUT2D eigenvalue weighted by atomic mass is 79.9. The predicted molar refractivity (Wildman–Crippen MR) is 59.5 cm³/mol. The average molecular weight is 241 g/mol. The van der Waals surface area contributed by atoms with Crippen LogP contribution in [0, 0.1) is 0 Å². The van der Waals surface area contributed by atoms with E-state index in [0.717, 1.165) is 22.0 Å². The molecule has 0 unspecified atom stereocenters. The minimum atomic E-state index is 0.142. The van der Waals surface area contributed by atoms with Crippen molar-refractivity contribution >= 4 is 22.0 Å². The number of hydrogen-bond donors (Lipinski definition) is 1. The fourth-order valence-electron chi connectivity index (χ4n) is 1.09. The lowest BCUT2D eigenvalue weighted by Gasteiger charge is -2.00. The maximum Gasteiger partial charge on any atom is 0.0644 e. The van der Waals surface area contributed by atoms with Gasteiger partial charge in [0.25, 0.3) is 0 Å². The third-order valence-electron chi connectivity index (χ3n) is 1.88. The van der Waals surface area contributed by atoms with Crippen LogP contribution in [0.15, 0.2) is 34.3 Å². The van der Waals surface area contributed by atoms with Crippen LogP contribution in [0.5, 0.6) is 0 Å². The third-order valence-corrected chi connectivity index (χ3v) is 2.37. The quantitative estimate of drug-likeness (QED) is 0.861. The number of benzene rings is 1. The van der Waals surface area contributed by atoms with E-state index in [1.54, 1.807) is 0 Å². The van der Waals surface area contributed by atoms with E-state index in [-0.39, 0.29) is 6.61 Å². The molecule has 0 radical (unpaired) electrons. The molecule has 13 heavy (non-hydrogen) atoms. The van der Waals surface area contributed by atoms with Crippen molar-refractivity contribution in [1.29, 1.82) is 0 Å². The molecule has 0 aliphatic rings. The lowest BCUT2D eigenvalue weighted by molar-refractivity contribution is 0.329. The summed E-state index contributed by atoms with van der Waals surface area (Å²) in [4.78, 5) is 0. The Kier molecular flexibility index (Phi) is 4.19. The summed E-state index contributed by atoms with van der Waals surface area (Å²) in [6.07, 6.45) is 2.91. The molecule has 1 N–H and O–H groups in total. The molecule has 1 rings (SSSR count). The zero-order valence-electron chi connectivity index (χ0n) is 7.63. The Bertz CT molecular complexity index is 299. The summed E-state index contributed by atoms with van der Waals surface area (Å²) in [7, 11) is 0. The van der Waals surface area contributed by atoms with E-state index in [2.05, 4.69) is 15.9 Å². The molecule has 0 saturated heterocycles. The summed E-state index contributed by atoms with van der Waals surface area (Å²) in [6, 6.07) is 8.03. The number of aliphatic hydroxyl groups excluding tert-OH is 1. The molecule has 0 bridgehead atoms. The Morgan fingerprint density at radius 1 is 1.54 bits per heavy atom. The van der Waals surface area contributed by atoms with Gasteiger partial charge in [-0.3, -0.25) is 0 Å². The Hall–Kier alpha value is -0.600. The first kappa shape index (κ1) is 10.5. The minimum Gasteiger partial charge on any atom is -0.392 e. The van der Waals surface area contributed by atoms with E-state index >= 15 is 0 Å². The highest BCUT2D eigenvalue weighted by Crippen LogP contribution is 2.15. The van der Waals surface area contributed by atoms with Crippen LogP contribution in [0.25, 0.3) is 6.08 Å². The SMILES string of the molecule is CCC(=Cc1cccc(Br)c1)CO. The van der Waals surface area contributed by atoms with Gasteiger partial charge in [0.1, 0.15) is 0 Å². The van der Waals surface area contributed by atoms with Gasteiger partial charge >= 0.3 is 0 Å². The van der Waals surface area contributed by atoms with E-state index in [1.807, 2.05) is 37.3 Å². The van der Waals surface area contributed by atoms with Crippen LogP contribution in [-0.4, -0.2) is 11.7 Å². The van der Waals surface area contributed by atoms with Crippen molar-refractivity contribution in [2.45, 2.75) is 13.3 Å². The van der Waals surface area contributed by atoms with Crippen molar-refractivity contribution in [3.8, 4) is 0 Å². The van der Waals surface area contributed by atoms with Crippen LogP contribution in [0.4, 0.5) is 0 Å². The van der Waals surface area contributed by atoms with Crippen LogP contribution in [0.1, 0.15) is 18.9 Å². The highest BCUT2D eigenvalue weighted by Gasteiger charge is 1.93. The standard InChI is InChI=1S/C11H13BrO/c1-2-9(8-13)6-10-4-3-5-11(12)7-10/h3-7,13H,2,8H2,1H3. The zero-order valence-corrected chi connectivity index (χ0v) is 9.21. The topological polar surface area (TPSA) is 20.2 Å². The van der Waals surface area contributed by atoms with Crippen molar-refractivity contribution in [2.24, 2.45) is 0 Å². The summed E-state index contributed by atoms with van der Waals surface area (Å²) in [5.74, 6) is 0. The van der Waals surface area contributed by atoms with E-state index in [9.17, 15) is 0 Å². The Labute approximate surface area is 87.2 Å². The van der Waals surface area contributed by atoms with Gasteiger partial charge in [-0.2, -0.15) is 0 Å². The second kappa shape index (κ2) is 5.20. The smallest absolute Gasteiger partial charge is 0.0644 e. The van der Waals surface area contributed by atoms with Crippen molar-refractivity contribution in [3.05, 3.63) is 39.9 Å². The van der Waals surface area contributed by atoms with Crippen LogP contribution >= 0.6 is 15.9 Å². The summed E-state index contributed by atoms with van der Waals surface area (Å²) < 4.78 is 1.06. The zero-order chi connectivity index (χ0) is 9.68. The first-order chi connectivity index (χ1) is 6.26. The monoisotopic (exact) mass is 240 g/mol. The van der Waals surface area contributed by atoms with Gasteiger partial charge in [-0.25, -0.2) is 0 Å². The highest BCUT2D eigenvalue weighted by molar-refractivity contribution is 9.10. The predicted octanol–water partition coefficient (Wildman–Crippen LogP) is 3.23. The summed E-state index contributed by atoms with van der Waals surface area (Å²) >= 11 is 3.40. The van der Waals surface area contributed by atoms with Gasteiger partial charge in [-0.05, 0) is 29.7 Å². The Morgan fingerprint density at radius 3 is 2.85 bits per heavy atom. The number of hydrogen-bond acceptors (Lipinski definition) is 1. The fraction of sp³-hybridized carbons (Fsp3) is 0.273. The maximum absolute atomic E-state index is 8.98. The molecule has 70 valence electrons. The third kappa shape index (κ3) is 3.33. The van der Waals surface area contributed by atoms with Gasteiger partial charge in [0, 0.05) is 4.47 Å². The van der Waals surface area contributed by atoms with Gasteiger partial charge in [-0.15, -0.1) is 0 Å². The van der Waals surface area contributed by atoms with Crippen molar-refractivity contribution in [3.63, 3.8) is 0 Å². The van der Waals surface area contributed by atoms with Crippen molar-refractivity contribution in [2.75, 3.05) is 6.61 Å². The van der Waals surface area contributed by atoms with Crippen LogP contribution in [-0.2, 0) is 0 Å². The van der Waals surface area contributed by atoms with Crippen molar-refractivity contribution < 1.29 is 5.11 Å². The summed E-state index contributed by atoms with van der Waals surface area (Å²) in [6.45, 7) is 2.18. The molecule has 0 saturated carbocycles. The largest absolute Gasteiger partial charge is 0.392 e. The molecule has 0 aromatic heterocycles. The molecular formula is C11H13BrO. The van der Waals surface area contributed by atoms with Crippen LogP contribution in [0.2, 0.25) is 0 Å². The van der Waals surface area contributed by atoms with Crippen molar-refractivity contribution in [1.82, 2.24) is 0 Å². The molecule has 1 aromatic rings. The second-order valence-electron chi connectivity index (χ2n) is 2.87. The van der Waals surface area contributed by atoms with Crippen LogP contribution < -0.4 is 0 Å². The van der Waals surface area contributed by atoms with E-state index in [0.29, 0.717) is 0 Å². The number of rotatable bonds is 3. The Morgan fingerprint density at radius 2 is 2.31 bits per heavy atom. The first-order valence-corrected chi connectivity index (χ1v) is 5.11. The fourth-order valence-corrected chi connectivity index (χ4v) is 1.51. The van der Waals surface area contributed by atoms with E-state index in [4.69, 9.17) is 5.11 Å². The molecule has 0 amide bonds. The number of aliphatic hydroxyl groups is 1. The van der Waals surface area contributed by atoms with Gasteiger partial charge in [0.15, 0.2) is 0 Å². The molecule has 1 nitrogen and oxygen atoms in total. The molecule has 0 aliphatic carbocycles. The molecule has 0 spiro atoms. The normalized spacial score (nSPS) is 11.8. The lowest BCUT2D eigenvalue weighted by Crippen LogP contribution is -1.87. The van der Waals surface area contributed by atoms with Gasteiger partial charge in [-0.1, -0.05) is 41.1 Å². The molecule has 0 aliphatic heterocycles. The van der Waals surface area contributed by atoms with E-state index < -0.39 is 0 Å². The Balaban J connectivity index is 2.89. The maximum atomic E-state index is 8.98. The number of halogens is 1. The molecule has 2 heteroatoms. The second-order valence-corrected chi connectivity index (χ2v) is 3.78. The molecule has 1 aromatic carbocycles. The molecule has 0 heterocycles. The van der Waals surface area contributed by atoms with E-state index in [1.165, 1.54) is 0 Å². The first-order valence-electron chi connectivity index (χ1n) is 4.32. The van der Waals surface area contributed by atoms with Gasteiger partial charge in [0.2, 0.25) is 0 Å². The minimum absolute atomic E-state index is 0.142.